The van der Waals surface area contributed by atoms with E-state index in [9.17, 15) is 9.59 Å². The normalized spacial score (nSPS) is 14.1. The molecule has 0 aromatic heterocycles. The lowest BCUT2D eigenvalue weighted by atomic mass is 10.1. The van der Waals surface area contributed by atoms with Crippen LogP contribution in [-0.4, -0.2) is 49.4 Å². The summed E-state index contributed by atoms with van der Waals surface area (Å²) in [5, 5.41) is 4.23. The molecule has 1 N–H and O–H groups in total. The molecule has 0 bridgehead atoms. The van der Waals surface area contributed by atoms with Crippen LogP contribution in [0.3, 0.4) is 0 Å². The van der Waals surface area contributed by atoms with Crippen molar-refractivity contribution in [3.05, 3.63) is 63.1 Å². The fourth-order valence-corrected chi connectivity index (χ4v) is 3.50. The van der Waals surface area contributed by atoms with Gasteiger partial charge in [0.05, 0.1) is 23.0 Å². The maximum Gasteiger partial charge on any atom is 0.242 e. The molecule has 0 saturated carbocycles. The molecule has 0 atom stereocenters. The maximum absolute atomic E-state index is 12.4. The van der Waals surface area contributed by atoms with E-state index < -0.39 is 0 Å². The first-order valence-electron chi connectivity index (χ1n) is 8.91. The van der Waals surface area contributed by atoms with E-state index in [1.54, 1.807) is 23.1 Å². The van der Waals surface area contributed by atoms with Crippen LogP contribution < -0.4 is 10.2 Å². The van der Waals surface area contributed by atoms with Crippen molar-refractivity contribution in [2.75, 3.05) is 37.6 Å². The van der Waals surface area contributed by atoms with E-state index in [-0.39, 0.29) is 24.8 Å². The van der Waals surface area contributed by atoms with Crippen molar-refractivity contribution in [2.45, 2.75) is 6.42 Å². The lowest BCUT2D eigenvalue weighted by molar-refractivity contribution is -0.133. The Morgan fingerprint density at radius 1 is 0.893 bits per heavy atom. The van der Waals surface area contributed by atoms with Crippen LogP contribution >= 0.6 is 34.8 Å². The molecule has 0 radical (unpaired) electrons. The number of halogens is 3. The molecule has 1 fully saturated rings. The molecule has 3 rings (SSSR count). The second-order valence-electron chi connectivity index (χ2n) is 6.55. The maximum atomic E-state index is 12.4. The number of nitrogens with zero attached hydrogens (tertiary/aromatic N) is 2. The van der Waals surface area contributed by atoms with E-state index in [4.69, 9.17) is 34.8 Å². The smallest absolute Gasteiger partial charge is 0.242 e. The Morgan fingerprint density at radius 3 is 2.21 bits per heavy atom. The molecular formula is C20H20Cl3N3O2. The van der Waals surface area contributed by atoms with E-state index in [0.29, 0.717) is 28.2 Å². The van der Waals surface area contributed by atoms with Gasteiger partial charge in [-0.1, -0.05) is 40.9 Å². The lowest BCUT2D eigenvalue weighted by Crippen LogP contribution is -2.51. The largest absolute Gasteiger partial charge is 0.368 e. The highest BCUT2D eigenvalue weighted by Crippen LogP contribution is 2.23. The summed E-state index contributed by atoms with van der Waals surface area (Å²) in [6.07, 6.45) is 0.147. The van der Waals surface area contributed by atoms with Crippen molar-refractivity contribution >= 4 is 52.3 Å². The van der Waals surface area contributed by atoms with Gasteiger partial charge in [-0.25, -0.2) is 0 Å². The van der Waals surface area contributed by atoms with Crippen molar-refractivity contribution in [3.8, 4) is 0 Å². The summed E-state index contributed by atoms with van der Waals surface area (Å²) < 4.78 is 0. The Morgan fingerprint density at radius 2 is 1.57 bits per heavy atom. The molecule has 0 unspecified atom stereocenters. The first-order valence-corrected chi connectivity index (χ1v) is 10.0. The van der Waals surface area contributed by atoms with Gasteiger partial charge in [-0.05, 0) is 42.0 Å². The number of anilines is 1. The van der Waals surface area contributed by atoms with E-state index in [0.717, 1.165) is 24.3 Å². The molecular weight excluding hydrogens is 421 g/mol. The molecule has 0 aliphatic carbocycles. The van der Waals surface area contributed by atoms with Gasteiger partial charge < -0.3 is 15.1 Å². The Labute approximate surface area is 179 Å². The monoisotopic (exact) mass is 439 g/mol. The summed E-state index contributed by atoms with van der Waals surface area (Å²) in [6, 6.07) is 12.7. The Kier molecular flexibility index (Phi) is 7.05. The second-order valence-corrected chi connectivity index (χ2v) is 7.80. The minimum Gasteiger partial charge on any atom is -0.368 e. The molecule has 1 aliphatic heterocycles. The van der Waals surface area contributed by atoms with Crippen LogP contribution in [0.2, 0.25) is 15.1 Å². The number of piperazine rings is 1. The topological polar surface area (TPSA) is 52.7 Å². The number of hydrogen-bond acceptors (Lipinski definition) is 3. The highest BCUT2D eigenvalue weighted by atomic mass is 35.5. The molecule has 0 spiro atoms. The number of nitrogens with one attached hydrogen (secondary N) is 1. The van der Waals surface area contributed by atoms with Gasteiger partial charge in [-0.2, -0.15) is 0 Å². The predicted octanol–water partition coefficient (Wildman–Crippen LogP) is 3.65. The summed E-state index contributed by atoms with van der Waals surface area (Å²) in [7, 11) is 0. The van der Waals surface area contributed by atoms with E-state index in [2.05, 4.69) is 10.2 Å². The third-order valence-electron chi connectivity index (χ3n) is 4.61. The zero-order valence-electron chi connectivity index (χ0n) is 15.1. The number of carbonyl (C=O) groups is 2. The quantitative estimate of drug-likeness (QED) is 0.772. The lowest BCUT2D eigenvalue weighted by Gasteiger charge is -2.36. The van der Waals surface area contributed by atoms with E-state index in [1.165, 1.54) is 0 Å². The summed E-state index contributed by atoms with van der Waals surface area (Å²) >= 11 is 17.7. The SMILES string of the molecule is O=C(Cc1ccc(Cl)c(Cl)c1)NCC(=O)N1CCN(c2ccc(Cl)cc2)CC1. The zero-order chi connectivity index (χ0) is 20.1. The summed E-state index contributed by atoms with van der Waals surface area (Å²) in [5.41, 5.74) is 1.84. The van der Waals surface area contributed by atoms with Crippen molar-refractivity contribution < 1.29 is 9.59 Å². The molecule has 1 aliphatic rings. The van der Waals surface area contributed by atoms with Gasteiger partial charge in [0, 0.05) is 36.9 Å². The van der Waals surface area contributed by atoms with Crippen molar-refractivity contribution in [2.24, 2.45) is 0 Å². The highest BCUT2D eigenvalue weighted by Gasteiger charge is 2.21. The van der Waals surface area contributed by atoms with Gasteiger partial charge in [-0.15, -0.1) is 0 Å². The van der Waals surface area contributed by atoms with Crippen molar-refractivity contribution in [3.63, 3.8) is 0 Å². The summed E-state index contributed by atoms with van der Waals surface area (Å²) in [6.45, 7) is 2.70. The minimum absolute atomic E-state index is 0.0128. The third kappa shape index (κ3) is 5.53. The van der Waals surface area contributed by atoms with Gasteiger partial charge in [0.25, 0.3) is 0 Å². The fourth-order valence-electron chi connectivity index (χ4n) is 3.05. The molecule has 5 nitrogen and oxygen atoms in total. The van der Waals surface area contributed by atoms with Crippen molar-refractivity contribution in [1.29, 1.82) is 0 Å². The number of amides is 2. The van der Waals surface area contributed by atoms with Gasteiger partial charge in [0.1, 0.15) is 0 Å². The van der Waals surface area contributed by atoms with E-state index in [1.807, 2.05) is 24.3 Å². The van der Waals surface area contributed by atoms with Crippen LogP contribution in [-0.2, 0) is 16.0 Å². The molecule has 148 valence electrons. The Hall–Kier alpha value is -1.95. The molecule has 1 heterocycles. The van der Waals surface area contributed by atoms with Crippen LogP contribution in [0.15, 0.2) is 42.5 Å². The first-order chi connectivity index (χ1) is 13.4. The van der Waals surface area contributed by atoms with Crippen LogP contribution in [0, 0.1) is 0 Å². The van der Waals surface area contributed by atoms with Gasteiger partial charge >= 0.3 is 0 Å². The number of carbonyl (C=O) groups excluding carboxylic acids is 2. The van der Waals surface area contributed by atoms with E-state index >= 15 is 0 Å². The molecule has 28 heavy (non-hydrogen) atoms. The van der Waals surface area contributed by atoms with Gasteiger partial charge in [0.15, 0.2) is 0 Å². The molecule has 2 amide bonds. The zero-order valence-corrected chi connectivity index (χ0v) is 17.4. The summed E-state index contributed by atoms with van der Waals surface area (Å²) in [4.78, 5) is 28.4. The number of rotatable bonds is 5. The van der Waals surface area contributed by atoms with Crippen LogP contribution in [0.25, 0.3) is 0 Å². The Bertz CT molecular complexity index is 850. The molecule has 1 saturated heterocycles. The molecule has 2 aromatic carbocycles. The average Bonchev–Trinajstić information content (AvgIpc) is 2.70. The number of benzene rings is 2. The first kappa shape index (κ1) is 20.8. The fraction of sp³-hybridized carbons (Fsp3) is 0.300. The average molecular weight is 441 g/mol. The Balaban J connectivity index is 1.43. The molecule has 8 heteroatoms. The third-order valence-corrected chi connectivity index (χ3v) is 5.60. The standard InChI is InChI=1S/C20H20Cl3N3O2/c21-15-2-4-16(5-3-15)25-7-9-26(10-8-25)20(28)13-24-19(27)12-14-1-6-17(22)18(23)11-14/h1-6,11H,7-10,12-13H2,(H,24,27). The van der Waals surface area contributed by atoms with Crippen LogP contribution in [0.5, 0.6) is 0 Å². The van der Waals surface area contributed by atoms with Crippen molar-refractivity contribution in [1.82, 2.24) is 10.2 Å². The second kappa shape index (κ2) is 9.50. The van der Waals surface area contributed by atoms with Gasteiger partial charge in [-0.3, -0.25) is 9.59 Å². The summed E-state index contributed by atoms with van der Waals surface area (Å²) in [5.74, 6) is -0.315. The predicted molar refractivity (Wildman–Crippen MR) is 113 cm³/mol. The molecule has 2 aromatic rings. The van der Waals surface area contributed by atoms with Gasteiger partial charge in [0.2, 0.25) is 11.8 Å². The van der Waals surface area contributed by atoms with Crippen LogP contribution in [0.1, 0.15) is 5.56 Å². The van der Waals surface area contributed by atoms with Crippen LogP contribution in [0.4, 0.5) is 5.69 Å². The minimum atomic E-state index is -0.230. The number of hydrogen-bond donors (Lipinski definition) is 1. The highest BCUT2D eigenvalue weighted by molar-refractivity contribution is 6.42.